The molecule has 4 N–H and O–H groups in total. The van der Waals surface area contributed by atoms with Gasteiger partial charge in [0.05, 0.1) is 22.8 Å². The summed E-state index contributed by atoms with van der Waals surface area (Å²) in [5.41, 5.74) is -3.18. The highest BCUT2D eigenvalue weighted by molar-refractivity contribution is 9.09. The normalized spacial score (nSPS) is 22.2. The summed E-state index contributed by atoms with van der Waals surface area (Å²) >= 11 is 3.09. The van der Waals surface area contributed by atoms with E-state index in [4.69, 9.17) is 4.74 Å². The van der Waals surface area contributed by atoms with Crippen LogP contribution in [0.5, 0.6) is 17.2 Å². The van der Waals surface area contributed by atoms with Crippen molar-refractivity contribution < 1.29 is 39.5 Å². The number of fused-ring (bicyclic) bond motifs is 3. The molecule has 2 atom stereocenters. The predicted octanol–water partition coefficient (Wildman–Crippen LogP) is 1.90. The summed E-state index contributed by atoms with van der Waals surface area (Å²) in [5.74, 6) is -3.28. The number of halogens is 1. The first-order valence-electron chi connectivity index (χ1n) is 9.05. The molecular weight excluding hydrogens is 460 g/mol. The summed E-state index contributed by atoms with van der Waals surface area (Å²) in [6.45, 7) is 1.14. The maximum Gasteiger partial charge on any atom is 0.202 e. The van der Waals surface area contributed by atoms with Crippen molar-refractivity contribution in [2.45, 2.75) is 31.5 Å². The second-order valence-corrected chi connectivity index (χ2v) is 7.87. The lowest BCUT2D eigenvalue weighted by Gasteiger charge is -2.36. The topological polar surface area (TPSA) is 141 Å². The van der Waals surface area contributed by atoms with Crippen molar-refractivity contribution in [1.29, 1.82) is 0 Å². The van der Waals surface area contributed by atoms with Crippen LogP contribution < -0.4 is 4.74 Å². The summed E-state index contributed by atoms with van der Waals surface area (Å²) < 4.78 is 5.38. The third kappa shape index (κ3) is 2.69. The van der Waals surface area contributed by atoms with E-state index in [2.05, 4.69) is 15.9 Å². The Morgan fingerprint density at radius 1 is 1.17 bits per heavy atom. The van der Waals surface area contributed by atoms with E-state index >= 15 is 0 Å². The number of aliphatic hydroxyl groups excluding tert-OH is 1. The maximum atomic E-state index is 13.2. The molecule has 2 aromatic carbocycles. The number of ether oxygens (including phenoxy) is 1. The van der Waals surface area contributed by atoms with Crippen molar-refractivity contribution >= 4 is 33.3 Å². The lowest BCUT2D eigenvalue weighted by molar-refractivity contribution is -0.139. The van der Waals surface area contributed by atoms with Crippen LogP contribution in [0, 0.1) is 0 Å². The average Bonchev–Trinajstić information content (AvgIpc) is 2.68. The summed E-state index contributed by atoms with van der Waals surface area (Å²) in [6, 6.07) is 4.41. The quantitative estimate of drug-likeness (QED) is 0.331. The number of aliphatic hydroxyl groups is 2. The maximum absolute atomic E-state index is 13.2. The van der Waals surface area contributed by atoms with Crippen LogP contribution in [0.25, 0.3) is 0 Å². The number of hydrogen-bond acceptors (Lipinski definition) is 8. The fourth-order valence-corrected chi connectivity index (χ4v) is 4.47. The molecule has 2 aliphatic carbocycles. The zero-order valence-electron chi connectivity index (χ0n) is 15.7. The Kier molecular flexibility index (Phi) is 4.72. The molecule has 0 spiro atoms. The van der Waals surface area contributed by atoms with E-state index < -0.39 is 64.5 Å². The average molecular weight is 477 g/mol. The van der Waals surface area contributed by atoms with Gasteiger partial charge in [-0.1, -0.05) is 12.1 Å². The first-order valence-corrected chi connectivity index (χ1v) is 10.2. The predicted molar refractivity (Wildman–Crippen MR) is 106 cm³/mol. The largest absolute Gasteiger partial charge is 0.507 e. The van der Waals surface area contributed by atoms with E-state index in [0.29, 0.717) is 0 Å². The minimum Gasteiger partial charge on any atom is -0.507 e. The zero-order chi connectivity index (χ0) is 22.0. The van der Waals surface area contributed by atoms with E-state index in [-0.39, 0.29) is 33.5 Å². The van der Waals surface area contributed by atoms with Gasteiger partial charge in [-0.2, -0.15) is 0 Å². The molecule has 0 amide bonds. The molecule has 4 rings (SSSR count). The van der Waals surface area contributed by atoms with Crippen molar-refractivity contribution in [1.82, 2.24) is 0 Å². The summed E-state index contributed by atoms with van der Waals surface area (Å²) in [4.78, 5) is 38.3. The SMILES string of the molecule is CC(=O)C1(O)Cc2c(O)c3c(c(O)c2C(O)C1)C(=O)c1c(OCBr)cccc1C3=O. The fraction of sp³-hybridized carbons (Fsp3) is 0.286. The number of phenolic OH excluding ortho intramolecular Hbond substituents is 2. The number of phenols is 2. The van der Waals surface area contributed by atoms with Crippen LogP contribution in [-0.2, 0) is 11.2 Å². The molecule has 0 heterocycles. The van der Waals surface area contributed by atoms with Gasteiger partial charge in [-0.15, -0.1) is 0 Å². The van der Waals surface area contributed by atoms with Gasteiger partial charge in [-0.25, -0.2) is 0 Å². The molecule has 30 heavy (non-hydrogen) atoms. The Hall–Kier alpha value is -2.75. The van der Waals surface area contributed by atoms with Crippen LogP contribution in [0.4, 0.5) is 0 Å². The Bertz CT molecular complexity index is 1140. The van der Waals surface area contributed by atoms with Crippen LogP contribution in [0.2, 0.25) is 0 Å². The van der Waals surface area contributed by atoms with Gasteiger partial charge in [0.2, 0.25) is 5.78 Å². The summed E-state index contributed by atoms with van der Waals surface area (Å²) in [7, 11) is 0. The number of alkyl halides is 1. The van der Waals surface area contributed by atoms with Crippen LogP contribution in [0.15, 0.2) is 18.2 Å². The molecule has 0 aromatic heterocycles. The van der Waals surface area contributed by atoms with Gasteiger partial charge in [-0.3, -0.25) is 14.4 Å². The first-order chi connectivity index (χ1) is 14.1. The molecule has 0 radical (unpaired) electrons. The van der Waals surface area contributed by atoms with Crippen molar-refractivity contribution in [3.05, 3.63) is 51.6 Å². The second-order valence-electron chi connectivity index (χ2n) is 7.41. The number of Topliss-reactive ketones (excluding diaryl/α,β-unsaturated/α-hetero) is 1. The molecular formula is C21H17BrO8. The fourth-order valence-electron chi connectivity index (χ4n) is 4.22. The van der Waals surface area contributed by atoms with E-state index in [0.717, 1.165) is 6.92 Å². The minimum absolute atomic E-state index is 0.0150. The van der Waals surface area contributed by atoms with Crippen LogP contribution in [0.1, 0.15) is 62.4 Å². The van der Waals surface area contributed by atoms with Crippen molar-refractivity contribution in [2.75, 3.05) is 5.52 Å². The standard InChI is InChI=1S/C21H17BrO8/c1-8(23)21(29)5-10-13(11(24)6-21)19(27)16-15(18(10)26)17(25)9-3-2-4-12(30-7-22)14(9)20(16)28/h2-4,11,24,26-27,29H,5-7H2,1H3. The van der Waals surface area contributed by atoms with E-state index in [1.165, 1.54) is 18.2 Å². The summed E-state index contributed by atoms with van der Waals surface area (Å²) in [6.07, 6.45) is -2.36. The molecule has 0 saturated heterocycles. The lowest BCUT2D eigenvalue weighted by atomic mass is 9.72. The van der Waals surface area contributed by atoms with Gasteiger partial charge in [0, 0.05) is 29.5 Å². The van der Waals surface area contributed by atoms with Crippen molar-refractivity contribution in [2.24, 2.45) is 0 Å². The Labute approximate surface area is 178 Å². The molecule has 8 nitrogen and oxygen atoms in total. The van der Waals surface area contributed by atoms with Gasteiger partial charge in [-0.05, 0) is 28.9 Å². The Balaban J connectivity index is 2.01. The highest BCUT2D eigenvalue weighted by atomic mass is 79.9. The molecule has 0 saturated carbocycles. The molecule has 0 fully saturated rings. The minimum atomic E-state index is -1.97. The monoisotopic (exact) mass is 476 g/mol. The zero-order valence-corrected chi connectivity index (χ0v) is 17.3. The molecule has 0 aliphatic heterocycles. The molecule has 2 aliphatic rings. The van der Waals surface area contributed by atoms with E-state index in [1.54, 1.807) is 0 Å². The van der Waals surface area contributed by atoms with E-state index in [9.17, 15) is 34.8 Å². The van der Waals surface area contributed by atoms with Gasteiger partial charge in [0.1, 0.15) is 28.4 Å². The van der Waals surface area contributed by atoms with Crippen LogP contribution in [0.3, 0.4) is 0 Å². The lowest BCUT2D eigenvalue weighted by Crippen LogP contribution is -2.44. The Morgan fingerprint density at radius 2 is 1.83 bits per heavy atom. The number of rotatable bonds is 3. The molecule has 2 unspecified atom stereocenters. The van der Waals surface area contributed by atoms with Crippen molar-refractivity contribution in [3.8, 4) is 17.2 Å². The van der Waals surface area contributed by atoms with Gasteiger partial charge in [0.25, 0.3) is 0 Å². The van der Waals surface area contributed by atoms with Gasteiger partial charge < -0.3 is 25.2 Å². The smallest absolute Gasteiger partial charge is 0.202 e. The number of ketones is 3. The molecule has 2 aromatic rings. The number of hydrogen-bond donors (Lipinski definition) is 4. The number of benzene rings is 2. The second kappa shape index (κ2) is 6.90. The van der Waals surface area contributed by atoms with Gasteiger partial charge in [0.15, 0.2) is 11.6 Å². The number of carbonyl (C=O) groups excluding carboxylic acids is 3. The van der Waals surface area contributed by atoms with Crippen molar-refractivity contribution in [3.63, 3.8) is 0 Å². The number of aromatic hydroxyl groups is 2. The third-order valence-corrected chi connectivity index (χ3v) is 5.97. The third-order valence-electron chi connectivity index (χ3n) is 5.74. The molecule has 9 heteroatoms. The van der Waals surface area contributed by atoms with E-state index in [1.807, 2.05) is 0 Å². The number of carbonyl (C=O) groups is 3. The summed E-state index contributed by atoms with van der Waals surface area (Å²) in [5, 5.41) is 42.8. The first kappa shape index (κ1) is 20.5. The Morgan fingerprint density at radius 3 is 2.47 bits per heavy atom. The van der Waals surface area contributed by atoms with Crippen LogP contribution >= 0.6 is 15.9 Å². The highest BCUT2D eigenvalue weighted by Gasteiger charge is 2.47. The molecule has 0 bridgehead atoms. The highest BCUT2D eigenvalue weighted by Crippen LogP contribution is 2.50. The molecule has 156 valence electrons. The van der Waals surface area contributed by atoms with Gasteiger partial charge >= 0.3 is 0 Å². The van der Waals surface area contributed by atoms with Crippen LogP contribution in [-0.4, -0.2) is 48.9 Å².